The van der Waals surface area contributed by atoms with Crippen LogP contribution < -0.4 is 5.32 Å². The van der Waals surface area contributed by atoms with E-state index in [2.05, 4.69) is 5.32 Å². The van der Waals surface area contributed by atoms with Crippen molar-refractivity contribution < 1.29 is 24.2 Å². The molecule has 0 aliphatic heterocycles. The topological polar surface area (TPSA) is 92.7 Å². The van der Waals surface area contributed by atoms with Gasteiger partial charge in [0.2, 0.25) is 5.91 Å². The number of allylic oxidation sites excluding steroid dienone is 2. The number of benzene rings is 1. The number of aryl methyl sites for hydroxylation is 1. The number of amides is 1. The minimum absolute atomic E-state index is 0.312. The van der Waals surface area contributed by atoms with E-state index in [1.807, 2.05) is 43.3 Å². The van der Waals surface area contributed by atoms with Crippen molar-refractivity contribution in [1.82, 2.24) is 0 Å². The lowest BCUT2D eigenvalue weighted by Crippen LogP contribution is -2.34. The highest BCUT2D eigenvalue weighted by molar-refractivity contribution is 7.17. The van der Waals surface area contributed by atoms with E-state index in [9.17, 15) is 19.5 Å². The maximum Gasteiger partial charge on any atom is 0.341 e. The van der Waals surface area contributed by atoms with Crippen LogP contribution in [0.5, 0.6) is 0 Å². The number of hydrogen-bond donors (Lipinski definition) is 2. The third-order valence-electron chi connectivity index (χ3n) is 5.08. The summed E-state index contributed by atoms with van der Waals surface area (Å²) in [5.74, 6) is -3.38. The molecule has 6 nitrogen and oxygen atoms in total. The monoisotopic (exact) mass is 413 g/mol. The van der Waals surface area contributed by atoms with Crippen LogP contribution in [0.15, 0.2) is 42.5 Å². The first-order valence-electron chi connectivity index (χ1n) is 9.45. The Balaban J connectivity index is 2.02. The van der Waals surface area contributed by atoms with E-state index in [-0.39, 0.29) is 0 Å². The van der Waals surface area contributed by atoms with Gasteiger partial charge in [-0.2, -0.15) is 0 Å². The van der Waals surface area contributed by atoms with Gasteiger partial charge in [-0.1, -0.05) is 49.4 Å². The summed E-state index contributed by atoms with van der Waals surface area (Å²) in [5, 5.41) is 12.7. The van der Waals surface area contributed by atoms with Gasteiger partial charge in [0.05, 0.1) is 18.9 Å². The van der Waals surface area contributed by atoms with Crippen molar-refractivity contribution in [3.05, 3.63) is 52.9 Å². The second-order valence-electron chi connectivity index (χ2n) is 6.80. The number of nitrogens with one attached hydrogen (secondary N) is 1. The van der Waals surface area contributed by atoms with Crippen molar-refractivity contribution >= 4 is 34.2 Å². The normalized spacial score (nSPS) is 18.3. The van der Waals surface area contributed by atoms with Crippen molar-refractivity contribution in [3.63, 3.8) is 0 Å². The minimum atomic E-state index is -0.993. The highest BCUT2D eigenvalue weighted by atomic mass is 32.1. The summed E-state index contributed by atoms with van der Waals surface area (Å²) < 4.78 is 4.99. The quantitative estimate of drug-likeness (QED) is 0.542. The van der Waals surface area contributed by atoms with E-state index >= 15 is 0 Å². The van der Waals surface area contributed by atoms with Crippen LogP contribution in [-0.2, 0) is 20.7 Å². The maximum atomic E-state index is 12.9. The van der Waals surface area contributed by atoms with Crippen LogP contribution in [0.3, 0.4) is 0 Å². The lowest BCUT2D eigenvalue weighted by atomic mass is 9.82. The van der Waals surface area contributed by atoms with Gasteiger partial charge in [0, 0.05) is 10.4 Å². The number of carbonyl (C=O) groups is 3. The Bertz CT molecular complexity index is 948. The van der Waals surface area contributed by atoms with Crippen LogP contribution >= 0.6 is 11.3 Å². The van der Waals surface area contributed by atoms with E-state index in [1.165, 1.54) is 18.4 Å². The summed E-state index contributed by atoms with van der Waals surface area (Å²) in [6, 6.07) is 9.48. The Hall–Kier alpha value is -2.93. The van der Waals surface area contributed by atoms with Crippen molar-refractivity contribution in [2.45, 2.75) is 26.2 Å². The fourth-order valence-electron chi connectivity index (χ4n) is 3.60. The third-order valence-corrected chi connectivity index (χ3v) is 6.33. The van der Waals surface area contributed by atoms with Crippen molar-refractivity contribution in [1.29, 1.82) is 0 Å². The molecule has 7 heteroatoms. The Morgan fingerprint density at radius 2 is 1.79 bits per heavy atom. The molecule has 1 aromatic heterocycles. The zero-order chi connectivity index (χ0) is 21.0. The first-order chi connectivity index (χ1) is 14.0. The second kappa shape index (κ2) is 9.05. The largest absolute Gasteiger partial charge is 0.481 e. The van der Waals surface area contributed by atoms with Crippen molar-refractivity contribution in [2.24, 2.45) is 11.8 Å². The number of anilines is 1. The molecule has 0 spiro atoms. The summed E-state index contributed by atoms with van der Waals surface area (Å²) in [5.41, 5.74) is 1.93. The SMILES string of the molecule is CCc1sc(NC(=O)[C@H]2CC=CC[C@H]2C(=O)O)c(C(=O)OC)c1-c1ccccc1. The molecule has 1 heterocycles. The Labute approximate surface area is 173 Å². The predicted octanol–water partition coefficient (Wildman–Crippen LogP) is 4.37. The summed E-state index contributed by atoms with van der Waals surface area (Å²) in [7, 11) is 1.30. The molecule has 0 fully saturated rings. The molecule has 0 bridgehead atoms. The smallest absolute Gasteiger partial charge is 0.341 e. The molecule has 0 unspecified atom stereocenters. The zero-order valence-corrected chi connectivity index (χ0v) is 17.1. The van der Waals surface area contributed by atoms with Gasteiger partial charge in [0.1, 0.15) is 10.6 Å². The first kappa shape index (κ1) is 20.8. The Kier molecular flexibility index (Phi) is 6.49. The second-order valence-corrected chi connectivity index (χ2v) is 7.90. The molecule has 2 aromatic rings. The minimum Gasteiger partial charge on any atom is -0.481 e. The average molecular weight is 413 g/mol. The van der Waals surface area contributed by atoms with E-state index < -0.39 is 29.7 Å². The molecule has 1 aliphatic carbocycles. The van der Waals surface area contributed by atoms with Gasteiger partial charge in [-0.05, 0) is 24.8 Å². The first-order valence-corrected chi connectivity index (χ1v) is 10.3. The number of aliphatic carboxylic acids is 1. The number of rotatable bonds is 6. The van der Waals surface area contributed by atoms with Crippen molar-refractivity contribution in [2.75, 3.05) is 12.4 Å². The number of esters is 1. The number of carbonyl (C=O) groups excluding carboxylic acids is 2. The Morgan fingerprint density at radius 3 is 2.38 bits per heavy atom. The lowest BCUT2D eigenvalue weighted by Gasteiger charge is -2.24. The molecule has 2 atom stereocenters. The number of methoxy groups -OCH3 is 1. The van der Waals surface area contributed by atoms with E-state index in [1.54, 1.807) is 6.08 Å². The number of thiophene rings is 1. The summed E-state index contributed by atoms with van der Waals surface area (Å²) >= 11 is 1.33. The van der Waals surface area contributed by atoms with Crippen LogP contribution in [0.4, 0.5) is 5.00 Å². The number of carboxylic acids is 1. The molecule has 0 saturated heterocycles. The van der Waals surface area contributed by atoms with Gasteiger partial charge >= 0.3 is 11.9 Å². The van der Waals surface area contributed by atoms with E-state index in [0.29, 0.717) is 29.8 Å². The molecule has 29 heavy (non-hydrogen) atoms. The van der Waals surface area contributed by atoms with Crippen LogP contribution in [-0.4, -0.2) is 30.1 Å². The van der Waals surface area contributed by atoms with Crippen LogP contribution in [0, 0.1) is 11.8 Å². The number of carboxylic acid groups (broad SMARTS) is 1. The zero-order valence-electron chi connectivity index (χ0n) is 16.3. The molecule has 1 amide bonds. The molecule has 1 aromatic carbocycles. The Morgan fingerprint density at radius 1 is 1.14 bits per heavy atom. The van der Waals surface area contributed by atoms with Crippen LogP contribution in [0.2, 0.25) is 0 Å². The molecule has 1 aliphatic rings. The predicted molar refractivity (Wildman–Crippen MR) is 112 cm³/mol. The number of hydrogen-bond acceptors (Lipinski definition) is 5. The fourth-order valence-corrected chi connectivity index (χ4v) is 4.76. The molecule has 3 rings (SSSR count). The molecule has 152 valence electrons. The van der Waals surface area contributed by atoms with Crippen LogP contribution in [0.1, 0.15) is 35.0 Å². The molecular formula is C22H23NO5S. The lowest BCUT2D eigenvalue weighted by molar-refractivity contribution is -0.146. The highest BCUT2D eigenvalue weighted by Crippen LogP contribution is 2.41. The molecule has 0 saturated carbocycles. The van der Waals surface area contributed by atoms with Crippen LogP contribution in [0.25, 0.3) is 11.1 Å². The molecular weight excluding hydrogens is 390 g/mol. The standard InChI is InChI=1S/C22H23NO5S/c1-3-16-17(13-9-5-4-6-10-13)18(22(27)28-2)20(29-16)23-19(24)14-11-7-8-12-15(14)21(25)26/h4-10,14-15H,3,11-12H2,1-2H3,(H,23,24)(H,25,26)/t14-,15+/m0/s1. The summed E-state index contributed by atoms with van der Waals surface area (Å²) in [6.07, 6.45) is 4.96. The maximum absolute atomic E-state index is 12.9. The van der Waals surface area contributed by atoms with Gasteiger partial charge in [-0.15, -0.1) is 11.3 Å². The van der Waals surface area contributed by atoms with Gasteiger partial charge in [-0.3, -0.25) is 9.59 Å². The summed E-state index contributed by atoms with van der Waals surface area (Å²) in [6.45, 7) is 1.98. The fraction of sp³-hybridized carbons (Fsp3) is 0.318. The molecule has 2 N–H and O–H groups in total. The number of ether oxygens (including phenoxy) is 1. The van der Waals surface area contributed by atoms with Gasteiger partial charge in [-0.25, -0.2) is 4.79 Å². The van der Waals surface area contributed by atoms with Gasteiger partial charge in [0.15, 0.2) is 0 Å². The van der Waals surface area contributed by atoms with Gasteiger partial charge in [0.25, 0.3) is 0 Å². The highest BCUT2D eigenvalue weighted by Gasteiger charge is 2.35. The van der Waals surface area contributed by atoms with E-state index in [0.717, 1.165) is 16.0 Å². The average Bonchev–Trinajstić information content (AvgIpc) is 3.11. The van der Waals surface area contributed by atoms with Gasteiger partial charge < -0.3 is 15.2 Å². The van der Waals surface area contributed by atoms with E-state index in [4.69, 9.17) is 4.74 Å². The third kappa shape index (κ3) is 4.24. The molecule has 0 radical (unpaired) electrons. The summed E-state index contributed by atoms with van der Waals surface area (Å²) in [4.78, 5) is 38.0. The van der Waals surface area contributed by atoms with Crippen molar-refractivity contribution in [3.8, 4) is 11.1 Å².